The Morgan fingerprint density at radius 2 is 1.56 bits per heavy atom. The predicted molar refractivity (Wildman–Crippen MR) is 71.8 cm³/mol. The smallest absolute Gasteiger partial charge is 0.317 e. The van der Waals surface area contributed by atoms with Crippen LogP contribution in [0.3, 0.4) is 0 Å². The molecule has 1 atom stereocenters. The molecule has 0 N–H and O–H groups in total. The van der Waals surface area contributed by atoms with E-state index in [1.807, 2.05) is 42.5 Å². The largest absolute Gasteiger partial charge is 0.468 e. The molecule has 18 heavy (non-hydrogen) atoms. The van der Waals surface area contributed by atoms with E-state index in [1.165, 1.54) is 7.11 Å². The molecule has 0 amide bonds. The van der Waals surface area contributed by atoms with E-state index in [1.54, 1.807) is 12.1 Å². The number of esters is 1. The molecule has 0 aliphatic rings. The van der Waals surface area contributed by atoms with Gasteiger partial charge in [-0.15, -0.1) is 0 Å². The van der Waals surface area contributed by atoms with Gasteiger partial charge in [0.25, 0.3) is 0 Å². The molecule has 0 heterocycles. The van der Waals surface area contributed by atoms with Crippen molar-refractivity contribution in [3.63, 3.8) is 0 Å². The molecule has 1 unspecified atom stereocenters. The zero-order valence-corrected chi connectivity index (χ0v) is 10.7. The van der Waals surface area contributed by atoms with Gasteiger partial charge in [0.15, 0.2) is 0 Å². The summed E-state index contributed by atoms with van der Waals surface area (Å²) in [7, 11) is 1.40. The second-order valence-corrected chi connectivity index (χ2v) is 4.35. The summed E-state index contributed by atoms with van der Waals surface area (Å²) >= 11 is 5.86. The molecule has 0 aromatic heterocycles. The molecule has 0 fully saturated rings. The minimum Gasteiger partial charge on any atom is -0.468 e. The van der Waals surface area contributed by atoms with Gasteiger partial charge in [0, 0.05) is 5.02 Å². The van der Waals surface area contributed by atoms with E-state index in [9.17, 15) is 4.79 Å². The maximum absolute atomic E-state index is 11.9. The molecule has 3 heteroatoms. The highest BCUT2D eigenvalue weighted by atomic mass is 35.5. The second-order valence-electron chi connectivity index (χ2n) is 3.92. The highest BCUT2D eigenvalue weighted by molar-refractivity contribution is 6.30. The molecule has 2 aromatic carbocycles. The van der Waals surface area contributed by atoms with Crippen LogP contribution < -0.4 is 0 Å². The summed E-state index contributed by atoms with van der Waals surface area (Å²) in [6.45, 7) is 0. The van der Waals surface area contributed by atoms with E-state index in [2.05, 4.69) is 0 Å². The monoisotopic (exact) mass is 260 g/mol. The van der Waals surface area contributed by atoms with Crippen molar-refractivity contribution < 1.29 is 9.53 Å². The maximum atomic E-state index is 11.9. The molecular formula is C15H13ClO2. The van der Waals surface area contributed by atoms with Gasteiger partial charge in [0.1, 0.15) is 5.92 Å². The molecule has 0 spiro atoms. The molecular weight excluding hydrogens is 248 g/mol. The first kappa shape index (κ1) is 12.7. The third-order valence-corrected chi connectivity index (χ3v) is 3.03. The van der Waals surface area contributed by atoms with Crippen LogP contribution in [0.5, 0.6) is 0 Å². The van der Waals surface area contributed by atoms with Crippen molar-refractivity contribution >= 4 is 17.6 Å². The summed E-state index contributed by atoms with van der Waals surface area (Å²) in [5.74, 6) is -0.683. The average molecular weight is 261 g/mol. The molecule has 0 radical (unpaired) electrons. The van der Waals surface area contributed by atoms with Crippen molar-refractivity contribution in [3.05, 3.63) is 70.7 Å². The van der Waals surface area contributed by atoms with Gasteiger partial charge in [-0.3, -0.25) is 4.79 Å². The molecule has 0 saturated heterocycles. The van der Waals surface area contributed by atoms with Crippen molar-refractivity contribution in [3.8, 4) is 0 Å². The Balaban J connectivity index is 2.43. The number of carbonyl (C=O) groups excluding carboxylic acids is 1. The van der Waals surface area contributed by atoms with Crippen LogP contribution >= 0.6 is 11.6 Å². The lowest BCUT2D eigenvalue weighted by molar-refractivity contribution is -0.141. The standard InChI is InChI=1S/C15H13ClO2/c1-18-15(17)14(11-5-3-2-4-6-11)12-7-9-13(16)10-8-12/h2-10,14H,1H3. The Bertz CT molecular complexity index is 520. The third-order valence-electron chi connectivity index (χ3n) is 2.77. The summed E-state index contributed by atoms with van der Waals surface area (Å²) in [4.78, 5) is 11.9. The van der Waals surface area contributed by atoms with Crippen LogP contribution in [0.15, 0.2) is 54.6 Å². The van der Waals surface area contributed by atoms with Crippen molar-refractivity contribution in [1.29, 1.82) is 0 Å². The van der Waals surface area contributed by atoms with Crippen LogP contribution in [-0.2, 0) is 9.53 Å². The minimum atomic E-state index is -0.409. The number of ether oxygens (including phenoxy) is 1. The lowest BCUT2D eigenvalue weighted by atomic mass is 9.91. The zero-order chi connectivity index (χ0) is 13.0. The van der Waals surface area contributed by atoms with Gasteiger partial charge in [-0.25, -0.2) is 0 Å². The first-order chi connectivity index (χ1) is 8.72. The lowest BCUT2D eigenvalue weighted by Gasteiger charge is -2.15. The summed E-state index contributed by atoms with van der Waals surface area (Å²) in [5.41, 5.74) is 1.78. The summed E-state index contributed by atoms with van der Waals surface area (Å²) in [6, 6.07) is 16.8. The number of methoxy groups -OCH3 is 1. The Morgan fingerprint density at radius 3 is 2.11 bits per heavy atom. The Labute approximate surface area is 111 Å². The number of hydrogen-bond acceptors (Lipinski definition) is 2. The minimum absolute atomic E-state index is 0.275. The molecule has 92 valence electrons. The van der Waals surface area contributed by atoms with E-state index in [0.29, 0.717) is 5.02 Å². The number of benzene rings is 2. The Hall–Kier alpha value is -1.80. The average Bonchev–Trinajstić information content (AvgIpc) is 2.42. The number of hydrogen-bond donors (Lipinski definition) is 0. The molecule has 0 aliphatic carbocycles. The lowest BCUT2D eigenvalue weighted by Crippen LogP contribution is -2.15. The fourth-order valence-electron chi connectivity index (χ4n) is 1.88. The van der Waals surface area contributed by atoms with E-state index in [-0.39, 0.29) is 5.97 Å². The van der Waals surface area contributed by atoms with E-state index >= 15 is 0 Å². The fraction of sp³-hybridized carbons (Fsp3) is 0.133. The third kappa shape index (κ3) is 2.71. The second kappa shape index (κ2) is 5.69. The van der Waals surface area contributed by atoms with Crippen molar-refractivity contribution in [2.24, 2.45) is 0 Å². The number of rotatable bonds is 3. The summed E-state index contributed by atoms with van der Waals surface area (Å²) in [5, 5.41) is 0.649. The van der Waals surface area contributed by atoms with Gasteiger partial charge >= 0.3 is 5.97 Å². The van der Waals surface area contributed by atoms with Crippen molar-refractivity contribution in [1.82, 2.24) is 0 Å². The zero-order valence-electron chi connectivity index (χ0n) is 9.97. The van der Waals surface area contributed by atoms with Crippen LogP contribution in [0.4, 0.5) is 0 Å². The van der Waals surface area contributed by atoms with Gasteiger partial charge in [0.2, 0.25) is 0 Å². The fourth-order valence-corrected chi connectivity index (χ4v) is 2.01. The van der Waals surface area contributed by atoms with Crippen LogP contribution in [0, 0.1) is 0 Å². The Morgan fingerprint density at radius 1 is 1.00 bits per heavy atom. The van der Waals surface area contributed by atoms with Crippen molar-refractivity contribution in [2.45, 2.75) is 5.92 Å². The number of halogens is 1. The van der Waals surface area contributed by atoms with E-state index in [0.717, 1.165) is 11.1 Å². The van der Waals surface area contributed by atoms with Gasteiger partial charge in [-0.1, -0.05) is 54.1 Å². The summed E-state index contributed by atoms with van der Waals surface area (Å²) < 4.78 is 4.88. The molecule has 0 aliphatic heterocycles. The predicted octanol–water partition coefficient (Wildman–Crippen LogP) is 3.64. The molecule has 2 rings (SSSR count). The molecule has 0 saturated carbocycles. The van der Waals surface area contributed by atoms with Crippen molar-refractivity contribution in [2.75, 3.05) is 7.11 Å². The highest BCUT2D eigenvalue weighted by Gasteiger charge is 2.23. The Kier molecular flexibility index (Phi) is 4.00. The topological polar surface area (TPSA) is 26.3 Å². The van der Waals surface area contributed by atoms with Gasteiger partial charge < -0.3 is 4.74 Å². The van der Waals surface area contributed by atoms with Crippen LogP contribution in [0.25, 0.3) is 0 Å². The normalized spacial score (nSPS) is 11.9. The van der Waals surface area contributed by atoms with E-state index in [4.69, 9.17) is 16.3 Å². The first-order valence-electron chi connectivity index (χ1n) is 5.60. The summed E-state index contributed by atoms with van der Waals surface area (Å²) in [6.07, 6.45) is 0. The molecule has 2 aromatic rings. The van der Waals surface area contributed by atoms with Gasteiger partial charge in [0.05, 0.1) is 7.11 Å². The SMILES string of the molecule is COC(=O)C(c1ccccc1)c1ccc(Cl)cc1. The van der Waals surface area contributed by atoms with Crippen LogP contribution in [-0.4, -0.2) is 13.1 Å². The molecule has 2 nitrogen and oxygen atoms in total. The van der Waals surface area contributed by atoms with E-state index < -0.39 is 5.92 Å². The first-order valence-corrected chi connectivity index (χ1v) is 5.98. The van der Waals surface area contributed by atoms with Crippen LogP contribution in [0.2, 0.25) is 5.02 Å². The molecule has 0 bridgehead atoms. The van der Waals surface area contributed by atoms with Gasteiger partial charge in [-0.2, -0.15) is 0 Å². The quantitative estimate of drug-likeness (QED) is 0.788. The van der Waals surface area contributed by atoms with Crippen LogP contribution in [0.1, 0.15) is 17.0 Å². The highest BCUT2D eigenvalue weighted by Crippen LogP contribution is 2.26. The number of carbonyl (C=O) groups is 1. The van der Waals surface area contributed by atoms with Gasteiger partial charge in [-0.05, 0) is 23.3 Å². The maximum Gasteiger partial charge on any atom is 0.317 e.